The molecule has 0 saturated heterocycles. The van der Waals surface area contributed by atoms with Crippen LogP contribution in [0.5, 0.6) is 0 Å². The van der Waals surface area contributed by atoms with E-state index in [1.165, 1.54) is 4.90 Å². The minimum Gasteiger partial charge on any atom is -0.350 e. The smallest absolute Gasteiger partial charge is 0.264 e. The highest BCUT2D eigenvalue weighted by Gasteiger charge is 2.34. The zero-order chi connectivity index (χ0) is 29.8. The van der Waals surface area contributed by atoms with Gasteiger partial charge >= 0.3 is 0 Å². The first-order valence-electron chi connectivity index (χ1n) is 13.1. The second kappa shape index (κ2) is 12.6. The number of halogens is 1. The lowest BCUT2D eigenvalue weighted by Crippen LogP contribution is -2.54. The summed E-state index contributed by atoms with van der Waals surface area (Å²) in [6.07, 6.45) is 0. The van der Waals surface area contributed by atoms with Gasteiger partial charge < -0.3 is 10.2 Å². The van der Waals surface area contributed by atoms with Crippen LogP contribution in [0.25, 0.3) is 0 Å². The van der Waals surface area contributed by atoms with Gasteiger partial charge in [0.1, 0.15) is 12.6 Å². The molecule has 9 heteroatoms. The van der Waals surface area contributed by atoms with Crippen LogP contribution in [0.3, 0.4) is 0 Å². The van der Waals surface area contributed by atoms with Gasteiger partial charge in [0.05, 0.1) is 10.6 Å². The second-order valence-corrected chi connectivity index (χ2v) is 14.0. The minimum absolute atomic E-state index is 0.0878. The Labute approximate surface area is 246 Å². The maximum atomic E-state index is 14.1. The molecule has 3 aromatic carbocycles. The molecule has 0 saturated carbocycles. The van der Waals surface area contributed by atoms with Crippen molar-refractivity contribution < 1.29 is 18.0 Å². The average molecular weight is 629 g/mol. The molecule has 1 atom stereocenters. The Morgan fingerprint density at radius 3 is 2.05 bits per heavy atom. The van der Waals surface area contributed by atoms with Crippen LogP contribution in [0, 0.1) is 20.8 Å². The number of nitrogens with one attached hydrogen (secondary N) is 1. The molecule has 2 amide bonds. The first kappa shape index (κ1) is 31.4. The molecule has 0 aromatic heterocycles. The SMILES string of the molecule is Cc1ccc(S(=O)(=O)N(CC(=O)N(Cc2ccc(Br)cc2)C(C)C(=O)NC(C)(C)C)c2cc(C)ccc2C)cc1. The highest BCUT2D eigenvalue weighted by Crippen LogP contribution is 2.29. The number of hydrogen-bond donors (Lipinski definition) is 1. The summed E-state index contributed by atoms with van der Waals surface area (Å²) in [7, 11) is -4.11. The summed E-state index contributed by atoms with van der Waals surface area (Å²) in [6, 6.07) is 18.7. The van der Waals surface area contributed by atoms with Crippen LogP contribution in [-0.4, -0.2) is 43.3 Å². The number of carbonyl (C=O) groups excluding carboxylic acids is 2. The molecule has 214 valence electrons. The van der Waals surface area contributed by atoms with Gasteiger partial charge in [0.25, 0.3) is 10.0 Å². The molecule has 0 aliphatic rings. The van der Waals surface area contributed by atoms with Crippen molar-refractivity contribution in [2.45, 2.75) is 71.5 Å². The molecule has 3 rings (SSSR count). The van der Waals surface area contributed by atoms with Gasteiger partial charge in [-0.2, -0.15) is 0 Å². The van der Waals surface area contributed by atoms with Crippen molar-refractivity contribution in [1.29, 1.82) is 0 Å². The van der Waals surface area contributed by atoms with E-state index >= 15 is 0 Å². The normalized spacial score (nSPS) is 12.5. The number of anilines is 1. The van der Waals surface area contributed by atoms with Gasteiger partial charge in [0.2, 0.25) is 11.8 Å². The molecule has 0 heterocycles. The summed E-state index contributed by atoms with van der Waals surface area (Å²) in [5, 5.41) is 2.94. The zero-order valence-electron chi connectivity index (χ0n) is 24.2. The molecular formula is C31H38BrN3O4S. The average Bonchev–Trinajstić information content (AvgIpc) is 2.87. The number of nitrogens with zero attached hydrogens (tertiary/aromatic N) is 2. The van der Waals surface area contributed by atoms with E-state index in [2.05, 4.69) is 21.2 Å². The van der Waals surface area contributed by atoms with Gasteiger partial charge in [-0.3, -0.25) is 13.9 Å². The van der Waals surface area contributed by atoms with Crippen LogP contribution in [0.1, 0.15) is 49.9 Å². The molecule has 0 aliphatic heterocycles. The number of aryl methyl sites for hydroxylation is 3. The lowest BCUT2D eigenvalue weighted by molar-refractivity contribution is -0.140. The van der Waals surface area contributed by atoms with Gasteiger partial charge in [-0.1, -0.05) is 57.9 Å². The standard InChI is InChI=1S/C31H38BrN3O4S/c1-21-9-16-27(17-10-21)40(38,39)35(28-18-22(2)8-11-23(28)3)20-29(36)34(19-25-12-14-26(32)15-13-25)24(4)30(37)33-31(5,6)7/h8-18,24H,19-20H2,1-7H3,(H,33,37). The van der Waals surface area contributed by atoms with Crippen molar-refractivity contribution in [3.63, 3.8) is 0 Å². The van der Waals surface area contributed by atoms with E-state index in [0.29, 0.717) is 11.3 Å². The highest BCUT2D eigenvalue weighted by atomic mass is 79.9. The van der Waals surface area contributed by atoms with Crippen LogP contribution in [0.2, 0.25) is 0 Å². The first-order chi connectivity index (χ1) is 18.6. The fraction of sp³-hybridized carbons (Fsp3) is 0.355. The Balaban J connectivity index is 2.08. The van der Waals surface area contributed by atoms with Gasteiger partial charge in [0.15, 0.2) is 0 Å². The van der Waals surface area contributed by atoms with Crippen LogP contribution >= 0.6 is 15.9 Å². The van der Waals surface area contributed by atoms with Gasteiger partial charge in [-0.25, -0.2) is 8.42 Å². The molecule has 3 aromatic rings. The molecule has 1 unspecified atom stereocenters. The third-order valence-electron chi connectivity index (χ3n) is 6.45. The molecule has 1 N–H and O–H groups in total. The minimum atomic E-state index is -4.11. The summed E-state index contributed by atoms with van der Waals surface area (Å²) in [6.45, 7) is 12.5. The predicted octanol–water partition coefficient (Wildman–Crippen LogP) is 5.90. The number of carbonyl (C=O) groups is 2. The molecule has 0 spiro atoms. The first-order valence-corrected chi connectivity index (χ1v) is 15.3. The molecule has 7 nitrogen and oxygen atoms in total. The van der Waals surface area contributed by atoms with Gasteiger partial charge in [0, 0.05) is 16.6 Å². The number of rotatable bonds is 9. The fourth-order valence-electron chi connectivity index (χ4n) is 4.18. The summed E-state index contributed by atoms with van der Waals surface area (Å²) < 4.78 is 30.1. The summed E-state index contributed by atoms with van der Waals surface area (Å²) in [5.74, 6) is -0.811. The van der Waals surface area contributed by atoms with E-state index in [-0.39, 0.29) is 17.3 Å². The van der Waals surface area contributed by atoms with E-state index in [1.807, 2.05) is 77.9 Å². The van der Waals surface area contributed by atoms with Crippen LogP contribution in [0.4, 0.5) is 5.69 Å². The second-order valence-electron chi connectivity index (χ2n) is 11.2. The molecule has 0 bridgehead atoms. The Hall–Kier alpha value is -3.17. The number of sulfonamides is 1. The molecule has 40 heavy (non-hydrogen) atoms. The van der Waals surface area contributed by atoms with E-state index in [9.17, 15) is 18.0 Å². The summed E-state index contributed by atoms with van der Waals surface area (Å²) in [5.41, 5.74) is 3.23. The third kappa shape index (κ3) is 7.95. The van der Waals surface area contributed by atoms with E-state index in [0.717, 1.165) is 25.5 Å². The number of hydrogen-bond acceptors (Lipinski definition) is 4. The monoisotopic (exact) mass is 627 g/mol. The lowest BCUT2D eigenvalue weighted by Gasteiger charge is -2.34. The molecule has 0 fully saturated rings. The van der Waals surface area contributed by atoms with Crippen LogP contribution < -0.4 is 9.62 Å². The van der Waals surface area contributed by atoms with E-state index in [1.54, 1.807) is 37.3 Å². The van der Waals surface area contributed by atoms with Gasteiger partial charge in [-0.05, 0) is 95.5 Å². The van der Waals surface area contributed by atoms with Crippen molar-refractivity contribution in [3.8, 4) is 0 Å². The summed E-state index contributed by atoms with van der Waals surface area (Å²) in [4.78, 5) is 28.8. The molecule has 0 radical (unpaired) electrons. The van der Waals surface area contributed by atoms with E-state index in [4.69, 9.17) is 0 Å². The largest absolute Gasteiger partial charge is 0.350 e. The highest BCUT2D eigenvalue weighted by molar-refractivity contribution is 9.10. The van der Waals surface area contributed by atoms with Crippen LogP contribution in [-0.2, 0) is 26.2 Å². The van der Waals surface area contributed by atoms with Crippen molar-refractivity contribution in [1.82, 2.24) is 10.2 Å². The van der Waals surface area contributed by atoms with Crippen molar-refractivity contribution in [3.05, 3.63) is 93.5 Å². The quantitative estimate of drug-likeness (QED) is 0.320. The Morgan fingerprint density at radius 1 is 0.900 bits per heavy atom. The maximum absolute atomic E-state index is 14.1. The summed E-state index contributed by atoms with van der Waals surface area (Å²) >= 11 is 3.43. The van der Waals surface area contributed by atoms with Crippen molar-refractivity contribution >= 4 is 43.5 Å². The van der Waals surface area contributed by atoms with E-state index < -0.39 is 34.1 Å². The third-order valence-corrected chi connectivity index (χ3v) is 8.76. The van der Waals surface area contributed by atoms with Crippen molar-refractivity contribution in [2.24, 2.45) is 0 Å². The Morgan fingerprint density at radius 2 is 1.48 bits per heavy atom. The number of benzene rings is 3. The van der Waals surface area contributed by atoms with Crippen molar-refractivity contribution in [2.75, 3.05) is 10.8 Å². The maximum Gasteiger partial charge on any atom is 0.264 e. The number of amides is 2. The zero-order valence-corrected chi connectivity index (χ0v) is 26.6. The molecule has 0 aliphatic carbocycles. The lowest BCUT2D eigenvalue weighted by atomic mass is 10.1. The molecular weight excluding hydrogens is 590 g/mol. The predicted molar refractivity (Wildman–Crippen MR) is 164 cm³/mol. The Bertz CT molecular complexity index is 1460. The Kier molecular flexibility index (Phi) is 9.85. The fourth-order valence-corrected chi connectivity index (χ4v) is 5.92. The van der Waals surface area contributed by atoms with Gasteiger partial charge in [-0.15, -0.1) is 0 Å². The van der Waals surface area contributed by atoms with Crippen LogP contribution in [0.15, 0.2) is 76.1 Å². The topological polar surface area (TPSA) is 86.8 Å².